The van der Waals surface area contributed by atoms with Gasteiger partial charge in [0, 0.05) is 29.3 Å². The summed E-state index contributed by atoms with van der Waals surface area (Å²) in [5.41, 5.74) is 13.0. The highest BCUT2D eigenvalue weighted by Crippen LogP contribution is 2.33. The predicted molar refractivity (Wildman–Crippen MR) is 156 cm³/mol. The van der Waals surface area contributed by atoms with Gasteiger partial charge in [-0.15, -0.1) is 0 Å². The molecule has 1 fully saturated rings. The van der Waals surface area contributed by atoms with Crippen LogP contribution in [0.4, 0.5) is 5.82 Å². The summed E-state index contributed by atoms with van der Waals surface area (Å²) in [4.78, 5) is 18.0. The molecule has 3 aromatic heterocycles. The van der Waals surface area contributed by atoms with Gasteiger partial charge >= 0.3 is 0 Å². The lowest BCUT2D eigenvalue weighted by molar-refractivity contribution is 0.103. The number of ketones is 1. The first-order valence-corrected chi connectivity index (χ1v) is 13.6. The van der Waals surface area contributed by atoms with Crippen LogP contribution in [0, 0.1) is 0 Å². The monoisotopic (exact) mass is 527 g/mol. The first-order chi connectivity index (χ1) is 19.6. The van der Waals surface area contributed by atoms with Crippen LogP contribution in [0.3, 0.4) is 0 Å². The molecule has 1 aliphatic heterocycles. The third-order valence-corrected chi connectivity index (χ3v) is 7.81. The number of carbonyl (C=O) groups is 1. The molecule has 3 N–H and O–H groups in total. The van der Waals surface area contributed by atoms with Crippen molar-refractivity contribution in [1.29, 1.82) is 0 Å². The fraction of sp³-hybridized carbons (Fsp3) is 0.188. The molecule has 0 bridgehead atoms. The van der Waals surface area contributed by atoms with E-state index in [2.05, 4.69) is 39.7 Å². The van der Waals surface area contributed by atoms with Crippen molar-refractivity contribution in [2.24, 2.45) is 0 Å². The van der Waals surface area contributed by atoms with E-state index in [0.717, 1.165) is 41.5 Å². The summed E-state index contributed by atoms with van der Waals surface area (Å²) in [6, 6.07) is 26.2. The van der Waals surface area contributed by atoms with Crippen molar-refractivity contribution in [2.45, 2.75) is 25.3 Å². The van der Waals surface area contributed by atoms with Gasteiger partial charge in [0.1, 0.15) is 17.5 Å². The minimum absolute atomic E-state index is 0.110. The number of benzene rings is 3. The van der Waals surface area contributed by atoms with E-state index in [1.165, 1.54) is 23.9 Å². The van der Waals surface area contributed by atoms with Crippen LogP contribution in [0.25, 0.3) is 27.5 Å². The molecule has 1 saturated heterocycles. The molecule has 6 aromatic rings. The Labute approximate surface area is 231 Å². The molecular weight excluding hydrogens is 498 g/mol. The summed E-state index contributed by atoms with van der Waals surface area (Å²) in [7, 11) is 0. The van der Waals surface area contributed by atoms with Gasteiger partial charge in [0.05, 0.1) is 12.1 Å². The number of nitrogens with one attached hydrogen (secondary N) is 1. The molecule has 7 rings (SSSR count). The van der Waals surface area contributed by atoms with Crippen molar-refractivity contribution < 1.29 is 4.79 Å². The van der Waals surface area contributed by atoms with E-state index < -0.39 is 0 Å². The molecule has 0 amide bonds. The topological polar surface area (TPSA) is 103 Å². The molecule has 0 radical (unpaired) electrons. The summed E-state index contributed by atoms with van der Waals surface area (Å²) >= 11 is 0. The number of aromatic nitrogens is 5. The fourth-order valence-corrected chi connectivity index (χ4v) is 5.73. The zero-order valence-electron chi connectivity index (χ0n) is 22.0. The Morgan fingerprint density at radius 2 is 1.88 bits per heavy atom. The zero-order chi connectivity index (χ0) is 27.1. The molecule has 8 heteroatoms. The van der Waals surface area contributed by atoms with Crippen LogP contribution in [0.5, 0.6) is 0 Å². The third kappa shape index (κ3) is 4.42. The highest BCUT2D eigenvalue weighted by molar-refractivity contribution is 6.10. The van der Waals surface area contributed by atoms with Gasteiger partial charge < -0.3 is 11.1 Å². The molecule has 40 heavy (non-hydrogen) atoms. The van der Waals surface area contributed by atoms with E-state index >= 15 is 0 Å². The number of nitrogens with zero attached hydrogens (tertiary/aromatic N) is 5. The average Bonchev–Trinajstić information content (AvgIpc) is 3.59. The maximum absolute atomic E-state index is 13.7. The van der Waals surface area contributed by atoms with Crippen molar-refractivity contribution in [2.75, 3.05) is 18.8 Å². The number of rotatable bonds is 6. The molecule has 3 aromatic carbocycles. The number of piperidine rings is 1. The van der Waals surface area contributed by atoms with Crippen LogP contribution in [-0.2, 0) is 6.54 Å². The van der Waals surface area contributed by atoms with Crippen molar-refractivity contribution in [3.05, 3.63) is 114 Å². The first-order valence-electron chi connectivity index (χ1n) is 13.6. The van der Waals surface area contributed by atoms with Crippen LogP contribution in [0.2, 0.25) is 0 Å². The second-order valence-corrected chi connectivity index (χ2v) is 10.4. The second-order valence-electron chi connectivity index (χ2n) is 10.4. The van der Waals surface area contributed by atoms with E-state index in [-0.39, 0.29) is 5.78 Å². The molecule has 0 saturated carbocycles. The van der Waals surface area contributed by atoms with Crippen LogP contribution in [0.15, 0.2) is 91.4 Å². The standard InChI is InChI=1S/C32H29N7O/c33-32-30-27(24-12-13-26-19-38(37-28(26)15-24)18-21-5-2-1-3-6-21)16-29(39(30)36-20-35-32)31(40)23-10-8-22(9-11-23)25-7-4-14-34-17-25/h1-3,5-6,8-13,15-16,19-20,25,34H,4,7,14,17-18H2,(H2,33,35,36). The summed E-state index contributed by atoms with van der Waals surface area (Å²) < 4.78 is 3.55. The van der Waals surface area contributed by atoms with Gasteiger partial charge in [-0.1, -0.05) is 66.7 Å². The maximum atomic E-state index is 13.7. The van der Waals surface area contributed by atoms with E-state index in [1.807, 2.05) is 65.5 Å². The normalized spacial score (nSPS) is 15.6. The first kappa shape index (κ1) is 24.2. The van der Waals surface area contributed by atoms with Crippen molar-refractivity contribution in [1.82, 2.24) is 29.7 Å². The van der Waals surface area contributed by atoms with Gasteiger partial charge in [-0.25, -0.2) is 9.50 Å². The Morgan fingerprint density at radius 1 is 1.02 bits per heavy atom. The number of nitrogens with two attached hydrogens (primary N) is 1. The Balaban J connectivity index is 1.24. The lowest BCUT2D eigenvalue weighted by Crippen LogP contribution is -2.28. The lowest BCUT2D eigenvalue weighted by Gasteiger charge is -2.23. The lowest BCUT2D eigenvalue weighted by atomic mass is 9.90. The number of fused-ring (bicyclic) bond motifs is 2. The summed E-state index contributed by atoms with van der Waals surface area (Å²) in [6.45, 7) is 2.74. The Bertz CT molecular complexity index is 1830. The average molecular weight is 528 g/mol. The van der Waals surface area contributed by atoms with E-state index in [9.17, 15) is 4.79 Å². The molecule has 0 aliphatic carbocycles. The molecule has 0 spiro atoms. The fourth-order valence-electron chi connectivity index (χ4n) is 5.73. The van der Waals surface area contributed by atoms with Gasteiger partial charge in [0.25, 0.3) is 0 Å². The van der Waals surface area contributed by atoms with Crippen LogP contribution in [0.1, 0.15) is 45.9 Å². The number of anilines is 1. The second kappa shape index (κ2) is 10.1. The third-order valence-electron chi connectivity index (χ3n) is 7.81. The summed E-state index contributed by atoms with van der Waals surface area (Å²) in [6.07, 6.45) is 5.77. The van der Waals surface area contributed by atoms with Crippen molar-refractivity contribution in [3.63, 3.8) is 0 Å². The number of nitrogen functional groups attached to an aromatic ring is 1. The minimum Gasteiger partial charge on any atom is -0.382 e. The Morgan fingerprint density at radius 3 is 2.67 bits per heavy atom. The predicted octanol–water partition coefficient (Wildman–Crippen LogP) is 5.07. The number of hydrogen-bond acceptors (Lipinski definition) is 6. The maximum Gasteiger partial charge on any atom is 0.211 e. The highest BCUT2D eigenvalue weighted by Gasteiger charge is 2.22. The molecule has 1 unspecified atom stereocenters. The van der Waals surface area contributed by atoms with Crippen molar-refractivity contribution >= 4 is 28.0 Å². The molecule has 1 aliphatic rings. The zero-order valence-corrected chi connectivity index (χ0v) is 22.0. The minimum atomic E-state index is -0.110. The smallest absolute Gasteiger partial charge is 0.211 e. The van der Waals surface area contributed by atoms with Gasteiger partial charge in [0.15, 0.2) is 5.82 Å². The van der Waals surface area contributed by atoms with Gasteiger partial charge in [-0.3, -0.25) is 9.48 Å². The summed E-state index contributed by atoms with van der Waals surface area (Å²) in [5.74, 6) is 0.692. The molecule has 1 atom stereocenters. The quantitative estimate of drug-likeness (QED) is 0.293. The van der Waals surface area contributed by atoms with Crippen LogP contribution in [-0.4, -0.2) is 43.3 Å². The van der Waals surface area contributed by atoms with E-state index in [0.29, 0.717) is 35.1 Å². The Hall–Kier alpha value is -4.82. The summed E-state index contributed by atoms with van der Waals surface area (Å²) in [5, 5.41) is 13.7. The highest BCUT2D eigenvalue weighted by atomic mass is 16.1. The Kier molecular flexibility index (Phi) is 6.09. The SMILES string of the molecule is Nc1ncnn2c(C(=O)c3ccc(C4CCCNC4)cc3)cc(-c3ccc4cn(Cc5ccccc5)nc4c3)c12. The van der Waals surface area contributed by atoms with E-state index in [4.69, 9.17) is 10.8 Å². The number of hydrogen-bond donors (Lipinski definition) is 2. The largest absolute Gasteiger partial charge is 0.382 e. The molecular formula is C32H29N7O. The molecule has 198 valence electrons. The van der Waals surface area contributed by atoms with Crippen LogP contribution >= 0.6 is 0 Å². The molecule has 8 nitrogen and oxygen atoms in total. The molecule has 4 heterocycles. The van der Waals surface area contributed by atoms with Gasteiger partial charge in [-0.2, -0.15) is 10.2 Å². The van der Waals surface area contributed by atoms with Crippen molar-refractivity contribution in [3.8, 4) is 11.1 Å². The number of carbonyl (C=O) groups excluding carboxylic acids is 1. The van der Waals surface area contributed by atoms with E-state index in [1.54, 1.807) is 4.52 Å². The van der Waals surface area contributed by atoms with Crippen LogP contribution < -0.4 is 11.1 Å². The van der Waals surface area contributed by atoms with Gasteiger partial charge in [0.2, 0.25) is 5.78 Å². The van der Waals surface area contributed by atoms with Gasteiger partial charge in [-0.05, 0) is 54.1 Å².